The maximum absolute atomic E-state index is 11.5. The van der Waals surface area contributed by atoms with Gasteiger partial charge in [-0.2, -0.15) is 0 Å². The standard InChI is InChI=1S/C16H23N3O5/c1-2-24-16(20)15-5-3-14(4-6-15)13-23-12-11-22-10-9-21-8-7-18-19-17/h3-6H,2,7-13H2,1H3. The van der Waals surface area contributed by atoms with Gasteiger partial charge in [0.15, 0.2) is 0 Å². The highest BCUT2D eigenvalue weighted by Gasteiger charge is 2.05. The van der Waals surface area contributed by atoms with Gasteiger partial charge in [-0.05, 0) is 30.2 Å². The number of azide groups is 1. The summed E-state index contributed by atoms with van der Waals surface area (Å²) >= 11 is 0. The van der Waals surface area contributed by atoms with Crippen LogP contribution in [0.15, 0.2) is 29.4 Å². The van der Waals surface area contributed by atoms with E-state index in [9.17, 15) is 4.79 Å². The number of carbonyl (C=O) groups excluding carboxylic acids is 1. The third-order valence-corrected chi connectivity index (χ3v) is 2.88. The van der Waals surface area contributed by atoms with E-state index in [4.69, 9.17) is 24.5 Å². The van der Waals surface area contributed by atoms with Crippen LogP contribution < -0.4 is 0 Å². The van der Waals surface area contributed by atoms with Crippen molar-refractivity contribution in [3.63, 3.8) is 0 Å². The molecule has 1 aromatic carbocycles. The summed E-state index contributed by atoms with van der Waals surface area (Å²) in [5.74, 6) is -0.319. The van der Waals surface area contributed by atoms with Crippen LogP contribution in [0.25, 0.3) is 10.4 Å². The number of carbonyl (C=O) groups is 1. The first-order valence-electron chi connectivity index (χ1n) is 7.78. The van der Waals surface area contributed by atoms with Crippen LogP contribution >= 0.6 is 0 Å². The van der Waals surface area contributed by atoms with E-state index in [-0.39, 0.29) is 5.97 Å². The molecule has 24 heavy (non-hydrogen) atoms. The maximum atomic E-state index is 11.5. The van der Waals surface area contributed by atoms with Crippen LogP contribution in [0.1, 0.15) is 22.8 Å². The van der Waals surface area contributed by atoms with Gasteiger partial charge in [0.05, 0.1) is 51.8 Å². The van der Waals surface area contributed by atoms with Crippen molar-refractivity contribution in [3.05, 3.63) is 45.8 Å². The van der Waals surface area contributed by atoms with E-state index >= 15 is 0 Å². The van der Waals surface area contributed by atoms with Crippen LogP contribution in [0, 0.1) is 0 Å². The number of nitrogens with zero attached hydrogens (tertiary/aromatic N) is 3. The molecule has 0 aliphatic rings. The second-order valence-electron chi connectivity index (χ2n) is 4.65. The number of ether oxygens (including phenoxy) is 4. The fourth-order valence-corrected chi connectivity index (χ4v) is 1.73. The third-order valence-electron chi connectivity index (χ3n) is 2.88. The van der Waals surface area contributed by atoms with Crippen molar-refractivity contribution in [2.75, 3.05) is 46.2 Å². The molecule has 0 saturated heterocycles. The first kappa shape index (κ1) is 19.9. The highest BCUT2D eigenvalue weighted by Crippen LogP contribution is 2.07. The molecule has 0 spiro atoms. The van der Waals surface area contributed by atoms with Gasteiger partial charge in [0.25, 0.3) is 0 Å². The van der Waals surface area contributed by atoms with Crippen LogP contribution in [0.3, 0.4) is 0 Å². The lowest BCUT2D eigenvalue weighted by Gasteiger charge is -2.07. The van der Waals surface area contributed by atoms with Gasteiger partial charge >= 0.3 is 5.97 Å². The molecule has 8 heteroatoms. The Hall–Kier alpha value is -2.12. The van der Waals surface area contributed by atoms with E-state index in [2.05, 4.69) is 10.0 Å². The van der Waals surface area contributed by atoms with E-state index < -0.39 is 0 Å². The highest BCUT2D eigenvalue weighted by atomic mass is 16.5. The SMILES string of the molecule is CCOC(=O)c1ccc(COCCOCCOCCN=[N+]=[N-])cc1. The van der Waals surface area contributed by atoms with Crippen LogP contribution in [0.4, 0.5) is 0 Å². The molecular weight excluding hydrogens is 314 g/mol. The van der Waals surface area contributed by atoms with E-state index in [1.807, 2.05) is 12.1 Å². The largest absolute Gasteiger partial charge is 0.462 e. The van der Waals surface area contributed by atoms with Crippen molar-refractivity contribution in [3.8, 4) is 0 Å². The van der Waals surface area contributed by atoms with Crippen molar-refractivity contribution in [2.45, 2.75) is 13.5 Å². The molecular formula is C16H23N3O5. The van der Waals surface area contributed by atoms with Gasteiger partial charge in [0, 0.05) is 11.5 Å². The molecule has 0 aromatic heterocycles. The monoisotopic (exact) mass is 337 g/mol. The summed E-state index contributed by atoms with van der Waals surface area (Å²) in [5.41, 5.74) is 9.58. The van der Waals surface area contributed by atoms with E-state index in [1.165, 1.54) is 0 Å². The minimum absolute atomic E-state index is 0.319. The predicted molar refractivity (Wildman–Crippen MR) is 87.7 cm³/mol. The topological polar surface area (TPSA) is 103 Å². The summed E-state index contributed by atoms with van der Waals surface area (Å²) in [6.07, 6.45) is 0. The Kier molecular flexibility index (Phi) is 11.1. The highest BCUT2D eigenvalue weighted by molar-refractivity contribution is 5.89. The Labute approximate surface area is 141 Å². The maximum Gasteiger partial charge on any atom is 0.338 e. The van der Waals surface area contributed by atoms with Gasteiger partial charge < -0.3 is 18.9 Å². The number of esters is 1. The Morgan fingerprint density at radius 1 is 1.04 bits per heavy atom. The molecule has 1 rings (SSSR count). The van der Waals surface area contributed by atoms with Crippen LogP contribution in [0.5, 0.6) is 0 Å². The summed E-state index contributed by atoms with van der Waals surface area (Å²) in [4.78, 5) is 14.1. The van der Waals surface area contributed by atoms with E-state index in [0.717, 1.165) is 5.56 Å². The molecule has 0 amide bonds. The number of hydrogen-bond acceptors (Lipinski definition) is 6. The second kappa shape index (κ2) is 13.3. The molecule has 0 N–H and O–H groups in total. The van der Waals surface area contributed by atoms with Gasteiger partial charge in [-0.25, -0.2) is 4.79 Å². The summed E-state index contributed by atoms with van der Waals surface area (Å²) in [7, 11) is 0. The Morgan fingerprint density at radius 3 is 2.29 bits per heavy atom. The van der Waals surface area contributed by atoms with Gasteiger partial charge in [0.1, 0.15) is 0 Å². The van der Waals surface area contributed by atoms with Crippen molar-refractivity contribution >= 4 is 5.97 Å². The summed E-state index contributed by atoms with van der Waals surface area (Å²) < 4.78 is 20.9. The molecule has 0 aliphatic carbocycles. The quantitative estimate of drug-likeness (QED) is 0.181. The van der Waals surface area contributed by atoms with Gasteiger partial charge in [-0.15, -0.1) is 0 Å². The van der Waals surface area contributed by atoms with E-state index in [1.54, 1.807) is 19.1 Å². The predicted octanol–water partition coefficient (Wildman–Crippen LogP) is 2.72. The Morgan fingerprint density at radius 2 is 1.67 bits per heavy atom. The van der Waals surface area contributed by atoms with Gasteiger partial charge in [-0.1, -0.05) is 17.2 Å². The number of rotatable bonds is 13. The lowest BCUT2D eigenvalue weighted by atomic mass is 10.1. The zero-order valence-corrected chi connectivity index (χ0v) is 13.8. The molecule has 0 radical (unpaired) electrons. The summed E-state index contributed by atoms with van der Waals surface area (Å²) in [5, 5.41) is 3.35. The Bertz CT molecular complexity index is 515. The molecule has 0 fully saturated rings. The molecule has 1 aromatic rings. The molecule has 8 nitrogen and oxygen atoms in total. The fraction of sp³-hybridized carbons (Fsp3) is 0.562. The second-order valence-corrected chi connectivity index (χ2v) is 4.65. The molecule has 0 saturated carbocycles. The Balaban J connectivity index is 2.03. The van der Waals surface area contributed by atoms with Gasteiger partial charge in [0.2, 0.25) is 0 Å². The summed E-state index contributed by atoms with van der Waals surface area (Å²) in [6, 6.07) is 7.12. The fourth-order valence-electron chi connectivity index (χ4n) is 1.73. The zero-order valence-electron chi connectivity index (χ0n) is 13.8. The molecule has 132 valence electrons. The van der Waals surface area contributed by atoms with Crippen molar-refractivity contribution in [1.82, 2.24) is 0 Å². The van der Waals surface area contributed by atoms with Crippen LogP contribution in [-0.4, -0.2) is 52.2 Å². The molecule has 0 heterocycles. The third kappa shape index (κ3) is 9.12. The minimum atomic E-state index is -0.319. The summed E-state index contributed by atoms with van der Waals surface area (Å²) in [6.45, 7) is 5.18. The molecule has 0 atom stereocenters. The minimum Gasteiger partial charge on any atom is -0.462 e. The average molecular weight is 337 g/mol. The van der Waals surface area contributed by atoms with Crippen molar-refractivity contribution in [2.24, 2.45) is 5.11 Å². The molecule has 0 unspecified atom stereocenters. The number of benzene rings is 1. The van der Waals surface area contributed by atoms with Crippen molar-refractivity contribution in [1.29, 1.82) is 0 Å². The van der Waals surface area contributed by atoms with Crippen LogP contribution in [-0.2, 0) is 25.6 Å². The first-order chi connectivity index (χ1) is 11.8. The lowest BCUT2D eigenvalue weighted by molar-refractivity contribution is 0.0119. The zero-order chi connectivity index (χ0) is 17.5. The smallest absolute Gasteiger partial charge is 0.338 e. The lowest BCUT2D eigenvalue weighted by Crippen LogP contribution is -2.10. The normalized spacial score (nSPS) is 10.2. The first-order valence-corrected chi connectivity index (χ1v) is 7.78. The van der Waals surface area contributed by atoms with E-state index in [0.29, 0.717) is 58.4 Å². The molecule has 0 aliphatic heterocycles. The molecule has 0 bridgehead atoms. The average Bonchev–Trinajstić information content (AvgIpc) is 2.60. The van der Waals surface area contributed by atoms with Crippen LogP contribution in [0.2, 0.25) is 0 Å². The number of hydrogen-bond donors (Lipinski definition) is 0. The van der Waals surface area contributed by atoms with Gasteiger partial charge in [-0.3, -0.25) is 0 Å². The van der Waals surface area contributed by atoms with Crippen molar-refractivity contribution < 1.29 is 23.7 Å².